The van der Waals surface area contributed by atoms with Crippen molar-refractivity contribution < 1.29 is 19.2 Å². The third-order valence-electron chi connectivity index (χ3n) is 1.67. The van der Waals surface area contributed by atoms with E-state index >= 15 is 0 Å². The average Bonchev–Trinajstić information content (AvgIpc) is 2.14. The smallest absolute Gasteiger partial charge is 0.423 e. The van der Waals surface area contributed by atoms with E-state index in [0.717, 1.165) is 6.07 Å². The van der Waals surface area contributed by atoms with Gasteiger partial charge in [-0.25, -0.2) is 4.39 Å². The highest BCUT2D eigenvalue weighted by Gasteiger charge is 2.12. The van der Waals surface area contributed by atoms with Crippen LogP contribution in [-0.4, -0.2) is 23.6 Å². The van der Waals surface area contributed by atoms with Crippen molar-refractivity contribution in [3.05, 3.63) is 29.6 Å². The molecular weight excluding hydrogens is 188 g/mol. The molecule has 3 N–H and O–H groups in total. The van der Waals surface area contributed by atoms with Gasteiger partial charge in [0, 0.05) is 6.54 Å². The zero-order valence-corrected chi connectivity index (χ0v) is 7.27. The molecule has 0 radical (unpaired) electrons. The highest BCUT2D eigenvalue weighted by Crippen LogP contribution is 2.01. The maximum absolute atomic E-state index is 12.9. The van der Waals surface area contributed by atoms with Crippen LogP contribution in [0, 0.1) is 5.82 Å². The first kappa shape index (κ1) is 10.7. The minimum atomic E-state index is -1.71. The van der Waals surface area contributed by atoms with Crippen molar-refractivity contribution in [1.82, 2.24) is 5.32 Å². The largest absolute Gasteiger partial charge is 0.488 e. The first-order chi connectivity index (χ1) is 6.63. The van der Waals surface area contributed by atoms with Gasteiger partial charge in [-0.15, -0.1) is 0 Å². The lowest BCUT2D eigenvalue weighted by molar-refractivity contribution is -0.109. The van der Waals surface area contributed by atoms with Gasteiger partial charge in [-0.1, -0.05) is 6.07 Å². The van der Waals surface area contributed by atoms with Crippen LogP contribution in [0.2, 0.25) is 0 Å². The van der Waals surface area contributed by atoms with E-state index in [9.17, 15) is 9.18 Å². The monoisotopic (exact) mass is 197 g/mol. The van der Waals surface area contributed by atoms with E-state index < -0.39 is 12.9 Å². The number of nitrogens with one attached hydrogen (secondary N) is 1. The van der Waals surface area contributed by atoms with Crippen molar-refractivity contribution in [2.24, 2.45) is 0 Å². The lowest BCUT2D eigenvalue weighted by Gasteiger charge is -2.04. The molecule has 4 nitrogen and oxygen atoms in total. The van der Waals surface area contributed by atoms with Crippen molar-refractivity contribution in [2.45, 2.75) is 6.54 Å². The van der Waals surface area contributed by atoms with Gasteiger partial charge in [-0.05, 0) is 23.2 Å². The summed E-state index contributed by atoms with van der Waals surface area (Å²) in [5, 5.41) is 19.9. The van der Waals surface area contributed by atoms with Crippen LogP contribution in [0.1, 0.15) is 5.56 Å². The van der Waals surface area contributed by atoms with Crippen LogP contribution in [-0.2, 0) is 11.3 Å². The van der Waals surface area contributed by atoms with E-state index in [-0.39, 0.29) is 12.0 Å². The Balaban J connectivity index is 2.89. The Morgan fingerprint density at radius 3 is 2.71 bits per heavy atom. The molecule has 0 aliphatic carbocycles. The third kappa shape index (κ3) is 2.83. The van der Waals surface area contributed by atoms with Crippen LogP contribution >= 0.6 is 0 Å². The molecule has 1 aromatic rings. The number of halogens is 1. The first-order valence-electron chi connectivity index (χ1n) is 3.96. The van der Waals surface area contributed by atoms with Gasteiger partial charge in [0.1, 0.15) is 5.82 Å². The van der Waals surface area contributed by atoms with Crippen molar-refractivity contribution in [3.63, 3.8) is 0 Å². The molecule has 1 aromatic carbocycles. The number of carbonyl (C=O) groups excluding carboxylic acids is 1. The van der Waals surface area contributed by atoms with Crippen LogP contribution < -0.4 is 10.8 Å². The quantitative estimate of drug-likeness (QED) is 0.417. The number of hydrogen-bond acceptors (Lipinski definition) is 3. The van der Waals surface area contributed by atoms with Gasteiger partial charge in [0.15, 0.2) is 0 Å². The molecule has 1 rings (SSSR count). The number of carbonyl (C=O) groups is 1. The summed E-state index contributed by atoms with van der Waals surface area (Å²) < 4.78 is 12.9. The Bertz CT molecular complexity index is 332. The van der Waals surface area contributed by atoms with Crippen molar-refractivity contribution in [3.8, 4) is 0 Å². The molecule has 0 bridgehead atoms. The number of benzene rings is 1. The summed E-state index contributed by atoms with van der Waals surface area (Å²) in [5.41, 5.74) is 0.535. The van der Waals surface area contributed by atoms with E-state index in [1.54, 1.807) is 0 Å². The molecule has 74 valence electrons. The molecule has 0 saturated heterocycles. The molecule has 1 amide bonds. The second-order valence-electron chi connectivity index (χ2n) is 2.77. The van der Waals surface area contributed by atoms with Crippen LogP contribution in [0.4, 0.5) is 4.39 Å². The van der Waals surface area contributed by atoms with Crippen LogP contribution in [0.15, 0.2) is 18.2 Å². The minimum absolute atomic E-state index is 0.0627. The van der Waals surface area contributed by atoms with Crippen molar-refractivity contribution in [2.75, 3.05) is 0 Å². The van der Waals surface area contributed by atoms with Gasteiger partial charge in [0.2, 0.25) is 6.41 Å². The molecule has 0 aromatic heterocycles. The number of hydrogen-bond donors (Lipinski definition) is 3. The third-order valence-corrected chi connectivity index (χ3v) is 1.67. The first-order valence-corrected chi connectivity index (χ1v) is 3.96. The molecule has 0 aliphatic heterocycles. The summed E-state index contributed by atoms with van der Waals surface area (Å²) in [5.74, 6) is -0.571. The molecule has 0 atom stereocenters. The zero-order chi connectivity index (χ0) is 10.6. The van der Waals surface area contributed by atoms with Crippen LogP contribution in [0.3, 0.4) is 0 Å². The Morgan fingerprint density at radius 2 is 2.14 bits per heavy atom. The Morgan fingerprint density at radius 1 is 1.43 bits per heavy atom. The molecule has 0 heterocycles. The summed E-state index contributed by atoms with van der Waals surface area (Å²) in [6.45, 7) is 0.154. The second kappa shape index (κ2) is 4.73. The maximum atomic E-state index is 12.9. The molecule has 0 saturated carbocycles. The van der Waals surface area contributed by atoms with Crippen molar-refractivity contribution >= 4 is 19.0 Å². The molecule has 0 fully saturated rings. The second-order valence-corrected chi connectivity index (χ2v) is 2.77. The van der Waals surface area contributed by atoms with Gasteiger partial charge >= 0.3 is 7.12 Å². The Hall–Kier alpha value is -1.40. The standard InChI is InChI=1S/C8H9BFNO3/c10-8-2-6(4-11-5-12)1-7(3-8)9(13)14/h1-3,5,13-14H,4H2,(H,11,12). The van der Waals surface area contributed by atoms with Crippen LogP contribution in [0.25, 0.3) is 0 Å². The molecule has 6 heteroatoms. The lowest BCUT2D eigenvalue weighted by atomic mass is 9.79. The normalized spacial score (nSPS) is 9.64. The molecule has 0 unspecified atom stereocenters. The average molecular weight is 197 g/mol. The SMILES string of the molecule is O=CNCc1cc(F)cc(B(O)O)c1. The fourth-order valence-electron chi connectivity index (χ4n) is 1.09. The Labute approximate surface area is 80.5 Å². The van der Waals surface area contributed by atoms with Gasteiger partial charge in [-0.2, -0.15) is 0 Å². The fraction of sp³-hybridized carbons (Fsp3) is 0.125. The van der Waals surface area contributed by atoms with Crippen molar-refractivity contribution in [1.29, 1.82) is 0 Å². The summed E-state index contributed by atoms with van der Waals surface area (Å²) >= 11 is 0. The zero-order valence-electron chi connectivity index (χ0n) is 7.27. The number of amides is 1. The predicted molar refractivity (Wildman–Crippen MR) is 49.1 cm³/mol. The minimum Gasteiger partial charge on any atom is -0.423 e. The number of rotatable bonds is 4. The highest BCUT2D eigenvalue weighted by molar-refractivity contribution is 6.58. The van der Waals surface area contributed by atoms with Crippen LogP contribution in [0.5, 0.6) is 0 Å². The fourth-order valence-corrected chi connectivity index (χ4v) is 1.09. The predicted octanol–water partition coefficient (Wildman–Crippen LogP) is -1.25. The van der Waals surface area contributed by atoms with Gasteiger partial charge in [0.25, 0.3) is 0 Å². The summed E-state index contributed by atoms with van der Waals surface area (Å²) in [6.07, 6.45) is 0.486. The molecule has 14 heavy (non-hydrogen) atoms. The van der Waals surface area contributed by atoms with E-state index in [2.05, 4.69) is 5.32 Å². The van der Waals surface area contributed by atoms with Gasteiger partial charge < -0.3 is 15.4 Å². The van der Waals surface area contributed by atoms with E-state index in [4.69, 9.17) is 10.0 Å². The summed E-state index contributed by atoms with van der Waals surface area (Å²) in [7, 11) is -1.71. The van der Waals surface area contributed by atoms with E-state index in [1.807, 2.05) is 0 Å². The molecule has 0 spiro atoms. The summed E-state index contributed by atoms with van der Waals surface area (Å²) in [6, 6.07) is 3.64. The van der Waals surface area contributed by atoms with E-state index in [1.165, 1.54) is 12.1 Å². The van der Waals surface area contributed by atoms with E-state index in [0.29, 0.717) is 12.0 Å². The topological polar surface area (TPSA) is 69.6 Å². The molecular formula is C8H9BFNO3. The maximum Gasteiger partial charge on any atom is 0.488 e. The summed E-state index contributed by atoms with van der Waals surface area (Å²) in [4.78, 5) is 9.98. The Kier molecular flexibility index (Phi) is 3.61. The van der Waals surface area contributed by atoms with Gasteiger partial charge in [-0.3, -0.25) is 4.79 Å². The highest BCUT2D eigenvalue weighted by atomic mass is 19.1. The molecule has 0 aliphatic rings. The van der Waals surface area contributed by atoms with Gasteiger partial charge in [0.05, 0.1) is 0 Å². The lowest BCUT2D eigenvalue weighted by Crippen LogP contribution is -2.30.